The van der Waals surface area contributed by atoms with E-state index in [-0.39, 0.29) is 30.6 Å². The molecule has 0 bridgehead atoms. The molecular formula is C21H26Cl2FN3O. The van der Waals surface area contributed by atoms with Gasteiger partial charge in [-0.1, -0.05) is 12.6 Å². The standard InChI is InChI=1S/C21H24FN3O.2ClH/c1-4-17(9-8-16(3)22)26-21-15(2)14-24-20-18(21)6-5-7-19(20)25-12-10-23-11-13-25;;/h4-9,14,23H,1,10-13H2,2-3H3;2*1H. The molecule has 0 aliphatic carbocycles. The van der Waals surface area contributed by atoms with Crippen LogP contribution in [0.25, 0.3) is 10.9 Å². The van der Waals surface area contributed by atoms with Crippen molar-refractivity contribution >= 4 is 41.4 Å². The lowest BCUT2D eigenvalue weighted by Crippen LogP contribution is -2.43. The lowest BCUT2D eigenvalue weighted by atomic mass is 10.1. The minimum absolute atomic E-state index is 0. The molecule has 1 aromatic heterocycles. The third kappa shape index (κ3) is 5.47. The molecule has 0 radical (unpaired) electrons. The first-order valence-corrected chi connectivity index (χ1v) is 8.78. The Bertz CT molecular complexity index is 873. The molecule has 0 amide bonds. The van der Waals surface area contributed by atoms with Crippen molar-refractivity contribution in [2.75, 3.05) is 31.1 Å². The molecule has 0 spiro atoms. The highest BCUT2D eigenvalue weighted by Crippen LogP contribution is 2.34. The monoisotopic (exact) mass is 425 g/mol. The Morgan fingerprint density at radius 1 is 1.25 bits per heavy atom. The van der Waals surface area contributed by atoms with Gasteiger partial charge in [-0.25, -0.2) is 4.39 Å². The number of rotatable bonds is 5. The van der Waals surface area contributed by atoms with Crippen LogP contribution in [0.15, 0.2) is 60.8 Å². The molecule has 1 saturated heterocycles. The fourth-order valence-corrected chi connectivity index (χ4v) is 3.04. The number of fused-ring (bicyclic) bond motifs is 1. The number of halogens is 3. The number of ether oxygens (including phenoxy) is 1. The van der Waals surface area contributed by atoms with E-state index in [1.165, 1.54) is 13.0 Å². The van der Waals surface area contributed by atoms with Crippen LogP contribution in [-0.2, 0) is 0 Å². The summed E-state index contributed by atoms with van der Waals surface area (Å²) in [7, 11) is 0. The van der Waals surface area contributed by atoms with Crippen LogP contribution in [0, 0.1) is 6.92 Å². The smallest absolute Gasteiger partial charge is 0.141 e. The molecule has 2 aromatic rings. The Morgan fingerprint density at radius 2 is 1.96 bits per heavy atom. The van der Waals surface area contributed by atoms with Gasteiger partial charge in [0.15, 0.2) is 0 Å². The Balaban J connectivity index is 0.00000196. The molecule has 152 valence electrons. The summed E-state index contributed by atoms with van der Waals surface area (Å²) in [6.07, 6.45) is 6.34. The van der Waals surface area contributed by atoms with Crippen LogP contribution in [0.5, 0.6) is 5.75 Å². The van der Waals surface area contributed by atoms with E-state index >= 15 is 0 Å². The van der Waals surface area contributed by atoms with E-state index in [2.05, 4.69) is 27.8 Å². The van der Waals surface area contributed by atoms with Crippen LogP contribution < -0.4 is 15.0 Å². The Morgan fingerprint density at radius 3 is 2.61 bits per heavy atom. The normalized spacial score (nSPS) is 14.9. The van der Waals surface area contributed by atoms with Gasteiger partial charge in [-0.3, -0.25) is 4.98 Å². The van der Waals surface area contributed by atoms with Crippen LogP contribution in [0.4, 0.5) is 10.1 Å². The van der Waals surface area contributed by atoms with E-state index in [0.717, 1.165) is 54.1 Å². The number of aromatic nitrogens is 1. The number of anilines is 1. The molecule has 7 heteroatoms. The average Bonchev–Trinajstić information content (AvgIpc) is 2.66. The van der Waals surface area contributed by atoms with Crippen LogP contribution in [0.2, 0.25) is 0 Å². The zero-order valence-corrected chi connectivity index (χ0v) is 17.7. The van der Waals surface area contributed by atoms with Gasteiger partial charge in [0.25, 0.3) is 0 Å². The molecule has 0 saturated carbocycles. The summed E-state index contributed by atoms with van der Waals surface area (Å²) in [5.41, 5.74) is 2.94. The van der Waals surface area contributed by atoms with Gasteiger partial charge in [0.05, 0.1) is 17.0 Å². The molecule has 4 nitrogen and oxygen atoms in total. The number of piperazine rings is 1. The first-order valence-electron chi connectivity index (χ1n) is 8.78. The van der Waals surface area contributed by atoms with Gasteiger partial charge < -0.3 is 15.0 Å². The van der Waals surface area contributed by atoms with Gasteiger partial charge in [-0.05, 0) is 44.2 Å². The molecule has 1 fully saturated rings. The first kappa shape index (κ1) is 24.0. The minimum Gasteiger partial charge on any atom is -0.456 e. The second-order valence-corrected chi connectivity index (χ2v) is 6.31. The molecular weight excluding hydrogens is 400 g/mol. The Labute approximate surface area is 178 Å². The topological polar surface area (TPSA) is 37.4 Å². The van der Waals surface area contributed by atoms with Crippen LogP contribution in [0.1, 0.15) is 12.5 Å². The summed E-state index contributed by atoms with van der Waals surface area (Å²) in [6.45, 7) is 10.9. The number of benzene rings is 1. The maximum Gasteiger partial charge on any atom is 0.141 e. The summed E-state index contributed by atoms with van der Waals surface area (Å²) >= 11 is 0. The molecule has 1 aliphatic rings. The quantitative estimate of drug-likeness (QED) is 0.532. The number of hydrogen-bond donors (Lipinski definition) is 1. The second kappa shape index (κ2) is 11.1. The number of pyridine rings is 1. The molecule has 2 heterocycles. The van der Waals surface area contributed by atoms with Gasteiger partial charge in [0.1, 0.15) is 11.5 Å². The highest BCUT2D eigenvalue weighted by molar-refractivity contribution is 5.95. The van der Waals surface area contributed by atoms with Crippen molar-refractivity contribution in [1.82, 2.24) is 10.3 Å². The summed E-state index contributed by atoms with van der Waals surface area (Å²) in [4.78, 5) is 7.00. The Kier molecular flexibility index (Phi) is 9.46. The van der Waals surface area contributed by atoms with Gasteiger partial charge >= 0.3 is 0 Å². The molecule has 1 aliphatic heterocycles. The summed E-state index contributed by atoms with van der Waals surface area (Å²) in [6, 6.07) is 6.13. The van der Waals surface area contributed by atoms with Gasteiger partial charge in [-0.15, -0.1) is 24.8 Å². The lowest BCUT2D eigenvalue weighted by molar-refractivity contribution is 0.446. The number of nitrogens with zero attached hydrogens (tertiary/aromatic N) is 2. The third-order valence-electron chi connectivity index (χ3n) is 4.36. The molecule has 1 N–H and O–H groups in total. The van der Waals surface area contributed by atoms with Crippen LogP contribution >= 0.6 is 24.8 Å². The van der Waals surface area contributed by atoms with Crippen molar-refractivity contribution in [3.05, 3.63) is 66.4 Å². The third-order valence-corrected chi connectivity index (χ3v) is 4.36. The predicted octanol–water partition coefficient (Wildman–Crippen LogP) is 5.12. The highest BCUT2D eigenvalue weighted by atomic mass is 35.5. The van der Waals surface area contributed by atoms with Gasteiger partial charge in [-0.2, -0.15) is 0 Å². The average molecular weight is 426 g/mol. The Hall–Kier alpha value is -2.08. The van der Waals surface area contributed by atoms with Crippen molar-refractivity contribution in [1.29, 1.82) is 0 Å². The van der Waals surface area contributed by atoms with Crippen molar-refractivity contribution in [2.45, 2.75) is 13.8 Å². The SMILES string of the molecule is C=CC(=CC=C(C)F)Oc1c(C)cnc2c(N3CCNCC3)cccc12.Cl.Cl. The van der Waals surface area contributed by atoms with E-state index < -0.39 is 0 Å². The van der Waals surface area contributed by atoms with Crippen molar-refractivity contribution < 1.29 is 9.13 Å². The van der Waals surface area contributed by atoms with E-state index in [1.54, 1.807) is 12.2 Å². The number of nitrogens with one attached hydrogen (secondary N) is 1. The molecule has 28 heavy (non-hydrogen) atoms. The lowest BCUT2D eigenvalue weighted by Gasteiger charge is -2.30. The number of hydrogen-bond acceptors (Lipinski definition) is 4. The molecule has 0 atom stereocenters. The fourth-order valence-electron chi connectivity index (χ4n) is 3.04. The molecule has 1 aromatic carbocycles. The van der Waals surface area contributed by atoms with Gasteiger partial charge in [0, 0.05) is 43.3 Å². The first-order chi connectivity index (χ1) is 12.6. The highest BCUT2D eigenvalue weighted by Gasteiger charge is 2.17. The summed E-state index contributed by atoms with van der Waals surface area (Å²) in [5.74, 6) is 0.929. The van der Waals surface area contributed by atoms with Crippen LogP contribution in [-0.4, -0.2) is 31.2 Å². The number of allylic oxidation sites excluding steroid dienone is 4. The van der Waals surface area contributed by atoms with E-state index in [9.17, 15) is 4.39 Å². The minimum atomic E-state index is -0.287. The zero-order chi connectivity index (χ0) is 18.5. The number of para-hydroxylation sites is 1. The van der Waals surface area contributed by atoms with Gasteiger partial charge in [0.2, 0.25) is 0 Å². The summed E-state index contributed by atoms with van der Waals surface area (Å²) in [5, 5.41) is 4.31. The van der Waals surface area contributed by atoms with Crippen LogP contribution in [0.3, 0.4) is 0 Å². The van der Waals surface area contributed by atoms with E-state index in [4.69, 9.17) is 4.74 Å². The zero-order valence-electron chi connectivity index (χ0n) is 16.1. The summed E-state index contributed by atoms with van der Waals surface area (Å²) < 4.78 is 19.1. The maximum absolute atomic E-state index is 13.0. The van der Waals surface area contributed by atoms with Crippen molar-refractivity contribution in [3.63, 3.8) is 0 Å². The largest absolute Gasteiger partial charge is 0.456 e. The van der Waals surface area contributed by atoms with E-state index in [0.29, 0.717) is 5.76 Å². The predicted molar refractivity (Wildman–Crippen MR) is 120 cm³/mol. The number of aryl methyl sites for hydroxylation is 1. The van der Waals surface area contributed by atoms with E-state index in [1.807, 2.05) is 25.3 Å². The fraction of sp³-hybridized carbons (Fsp3) is 0.286. The van der Waals surface area contributed by atoms with Crippen molar-refractivity contribution in [2.24, 2.45) is 0 Å². The molecule has 3 rings (SSSR count). The van der Waals surface area contributed by atoms with Crippen molar-refractivity contribution in [3.8, 4) is 5.75 Å². The second-order valence-electron chi connectivity index (χ2n) is 6.31. The molecule has 0 unspecified atom stereocenters. The maximum atomic E-state index is 13.0.